The average Bonchev–Trinajstić information content (AvgIpc) is 2.66. The molecule has 0 atom stereocenters. The Morgan fingerprint density at radius 3 is 2.58 bits per heavy atom. The number of urea groups is 1. The number of aryl methyl sites for hydroxylation is 1. The zero-order valence-corrected chi connectivity index (χ0v) is 14.7. The molecule has 0 spiro atoms. The van der Waals surface area contributed by atoms with Gasteiger partial charge < -0.3 is 15.8 Å². The van der Waals surface area contributed by atoms with Crippen LogP contribution < -0.4 is 11.1 Å². The minimum Gasteiger partial charge on any atom is -0.375 e. The van der Waals surface area contributed by atoms with Crippen LogP contribution in [0.5, 0.6) is 0 Å². The number of pyridine rings is 1. The largest absolute Gasteiger partial charge is 0.375 e. The second kappa shape index (κ2) is 10.8. The van der Waals surface area contributed by atoms with Gasteiger partial charge in [0, 0.05) is 25.5 Å². The van der Waals surface area contributed by atoms with Gasteiger partial charge in [0.05, 0.1) is 13.2 Å². The molecule has 2 rings (SSSR count). The highest BCUT2D eigenvalue weighted by atomic mass is 16.5. The molecular formula is C19H25N5O2. The average molecular weight is 355 g/mol. The van der Waals surface area contributed by atoms with Crippen LogP contribution in [0, 0.1) is 5.41 Å². The first-order chi connectivity index (χ1) is 12.7. The third kappa shape index (κ3) is 6.90. The molecule has 0 aliphatic carbocycles. The fourth-order valence-electron chi connectivity index (χ4n) is 2.41. The lowest BCUT2D eigenvalue weighted by atomic mass is 10.1. The normalized spacial score (nSPS) is 10.3. The summed E-state index contributed by atoms with van der Waals surface area (Å²) in [5, 5.41) is 10.3. The van der Waals surface area contributed by atoms with Crippen LogP contribution in [0.3, 0.4) is 0 Å². The van der Waals surface area contributed by atoms with E-state index in [0.29, 0.717) is 32.7 Å². The van der Waals surface area contributed by atoms with E-state index in [9.17, 15) is 4.79 Å². The number of guanidine groups is 1. The molecule has 138 valence electrons. The first-order valence-corrected chi connectivity index (χ1v) is 8.57. The SMILES string of the molecule is N=C(N)N(CCCc1ccncc1)C(=O)NCCOCc1ccccc1. The second-order valence-electron chi connectivity index (χ2n) is 5.77. The van der Waals surface area contributed by atoms with E-state index in [0.717, 1.165) is 17.5 Å². The Bertz CT molecular complexity index is 679. The Morgan fingerprint density at radius 2 is 1.88 bits per heavy atom. The number of nitrogens with zero attached hydrogens (tertiary/aromatic N) is 2. The van der Waals surface area contributed by atoms with Crippen LogP contribution in [0.15, 0.2) is 54.9 Å². The predicted octanol–water partition coefficient (Wildman–Crippen LogP) is 2.14. The maximum Gasteiger partial charge on any atom is 0.324 e. The summed E-state index contributed by atoms with van der Waals surface area (Å²) >= 11 is 0. The van der Waals surface area contributed by atoms with Crippen molar-refractivity contribution in [3.05, 3.63) is 66.0 Å². The van der Waals surface area contributed by atoms with E-state index in [-0.39, 0.29) is 12.0 Å². The number of rotatable bonds is 9. The van der Waals surface area contributed by atoms with Crippen molar-refractivity contribution in [3.63, 3.8) is 0 Å². The molecule has 4 N–H and O–H groups in total. The van der Waals surface area contributed by atoms with Gasteiger partial charge in [-0.2, -0.15) is 0 Å². The Labute approximate surface area is 153 Å². The molecule has 2 aromatic rings. The van der Waals surface area contributed by atoms with Gasteiger partial charge in [0.15, 0.2) is 5.96 Å². The van der Waals surface area contributed by atoms with Crippen molar-refractivity contribution in [3.8, 4) is 0 Å². The van der Waals surface area contributed by atoms with Crippen molar-refractivity contribution in [2.75, 3.05) is 19.7 Å². The number of carbonyl (C=O) groups is 1. The molecular weight excluding hydrogens is 330 g/mol. The standard InChI is InChI=1S/C19H25N5O2/c20-18(21)24(13-4-7-16-8-10-22-11-9-16)19(25)23-12-14-26-15-17-5-2-1-3-6-17/h1-3,5-6,8-11H,4,7,12-15H2,(H3,20,21)(H,23,25). The summed E-state index contributed by atoms with van der Waals surface area (Å²) in [4.78, 5) is 17.4. The topological polar surface area (TPSA) is 104 Å². The Hall–Kier alpha value is -2.93. The summed E-state index contributed by atoms with van der Waals surface area (Å²) in [6, 6.07) is 13.3. The van der Waals surface area contributed by atoms with Crippen LogP contribution in [0.4, 0.5) is 4.79 Å². The molecule has 0 unspecified atom stereocenters. The molecule has 0 fully saturated rings. The quantitative estimate of drug-likeness (QED) is 0.364. The summed E-state index contributed by atoms with van der Waals surface area (Å²) < 4.78 is 5.53. The number of nitrogens with one attached hydrogen (secondary N) is 2. The van der Waals surface area contributed by atoms with Crippen molar-refractivity contribution < 1.29 is 9.53 Å². The summed E-state index contributed by atoms with van der Waals surface area (Å²) in [6.07, 6.45) is 4.97. The molecule has 7 heteroatoms. The van der Waals surface area contributed by atoms with Gasteiger partial charge in [-0.15, -0.1) is 0 Å². The molecule has 0 aliphatic rings. The molecule has 0 saturated carbocycles. The van der Waals surface area contributed by atoms with Gasteiger partial charge in [-0.25, -0.2) is 4.79 Å². The van der Waals surface area contributed by atoms with Crippen molar-refractivity contribution in [1.82, 2.24) is 15.2 Å². The predicted molar refractivity (Wildman–Crippen MR) is 101 cm³/mol. The first kappa shape index (κ1) is 19.4. The number of amides is 2. The third-order valence-corrected chi connectivity index (χ3v) is 3.77. The molecule has 0 saturated heterocycles. The molecule has 1 aromatic carbocycles. The summed E-state index contributed by atoms with van der Waals surface area (Å²) in [5.74, 6) is -0.262. The minimum absolute atomic E-state index is 0.262. The number of hydrogen-bond donors (Lipinski definition) is 3. The molecule has 2 amide bonds. The number of hydrogen-bond acceptors (Lipinski definition) is 4. The second-order valence-corrected chi connectivity index (χ2v) is 5.77. The van der Waals surface area contributed by atoms with E-state index in [4.69, 9.17) is 15.9 Å². The van der Waals surface area contributed by atoms with Crippen molar-refractivity contribution in [2.24, 2.45) is 5.73 Å². The van der Waals surface area contributed by atoms with Crippen LogP contribution in [-0.4, -0.2) is 41.6 Å². The van der Waals surface area contributed by atoms with Gasteiger partial charge >= 0.3 is 6.03 Å². The Morgan fingerprint density at radius 1 is 1.15 bits per heavy atom. The lowest BCUT2D eigenvalue weighted by Gasteiger charge is -2.21. The highest BCUT2D eigenvalue weighted by molar-refractivity contribution is 5.93. The monoisotopic (exact) mass is 355 g/mol. The first-order valence-electron chi connectivity index (χ1n) is 8.57. The summed E-state index contributed by atoms with van der Waals surface area (Å²) in [5.41, 5.74) is 7.75. The molecule has 26 heavy (non-hydrogen) atoms. The van der Waals surface area contributed by atoms with Gasteiger partial charge in [-0.05, 0) is 36.1 Å². The van der Waals surface area contributed by atoms with Crippen LogP contribution >= 0.6 is 0 Å². The van der Waals surface area contributed by atoms with E-state index in [1.54, 1.807) is 12.4 Å². The van der Waals surface area contributed by atoms with E-state index in [1.165, 1.54) is 4.90 Å². The highest BCUT2D eigenvalue weighted by Gasteiger charge is 2.15. The lowest BCUT2D eigenvalue weighted by molar-refractivity contribution is 0.122. The van der Waals surface area contributed by atoms with Crippen molar-refractivity contribution >= 4 is 12.0 Å². The van der Waals surface area contributed by atoms with Gasteiger partial charge in [-0.1, -0.05) is 30.3 Å². The summed E-state index contributed by atoms with van der Waals surface area (Å²) in [6.45, 7) is 1.64. The van der Waals surface area contributed by atoms with Gasteiger partial charge in [-0.3, -0.25) is 15.3 Å². The number of carbonyl (C=O) groups excluding carboxylic acids is 1. The molecule has 1 aromatic heterocycles. The number of nitrogens with two attached hydrogens (primary N) is 1. The van der Waals surface area contributed by atoms with Gasteiger partial charge in [0.1, 0.15) is 0 Å². The van der Waals surface area contributed by atoms with Crippen LogP contribution in [0.2, 0.25) is 0 Å². The van der Waals surface area contributed by atoms with E-state index >= 15 is 0 Å². The number of benzene rings is 1. The fraction of sp³-hybridized carbons (Fsp3) is 0.316. The van der Waals surface area contributed by atoms with E-state index in [1.807, 2.05) is 42.5 Å². The minimum atomic E-state index is -0.379. The van der Waals surface area contributed by atoms with Gasteiger partial charge in [0.2, 0.25) is 0 Å². The molecule has 0 radical (unpaired) electrons. The zero-order valence-electron chi connectivity index (χ0n) is 14.7. The smallest absolute Gasteiger partial charge is 0.324 e. The summed E-state index contributed by atoms with van der Waals surface area (Å²) in [7, 11) is 0. The Kier molecular flexibility index (Phi) is 8.08. The molecule has 7 nitrogen and oxygen atoms in total. The van der Waals surface area contributed by atoms with Crippen molar-refractivity contribution in [2.45, 2.75) is 19.4 Å². The highest BCUT2D eigenvalue weighted by Crippen LogP contribution is 2.03. The van der Waals surface area contributed by atoms with Crippen LogP contribution in [0.1, 0.15) is 17.5 Å². The van der Waals surface area contributed by atoms with E-state index < -0.39 is 0 Å². The number of ether oxygens (including phenoxy) is 1. The van der Waals surface area contributed by atoms with E-state index in [2.05, 4.69) is 10.3 Å². The van der Waals surface area contributed by atoms with Gasteiger partial charge in [0.25, 0.3) is 0 Å². The zero-order chi connectivity index (χ0) is 18.6. The fourth-order valence-corrected chi connectivity index (χ4v) is 2.41. The third-order valence-electron chi connectivity index (χ3n) is 3.77. The van der Waals surface area contributed by atoms with Crippen LogP contribution in [0.25, 0.3) is 0 Å². The van der Waals surface area contributed by atoms with Crippen molar-refractivity contribution in [1.29, 1.82) is 5.41 Å². The maximum absolute atomic E-state index is 12.2. The maximum atomic E-state index is 12.2. The number of aromatic nitrogens is 1. The molecule has 1 heterocycles. The Balaban J connectivity index is 1.66. The molecule has 0 bridgehead atoms. The lowest BCUT2D eigenvalue weighted by Crippen LogP contribution is -2.48. The molecule has 0 aliphatic heterocycles. The van der Waals surface area contributed by atoms with Crippen LogP contribution in [-0.2, 0) is 17.8 Å².